The van der Waals surface area contributed by atoms with Crippen molar-refractivity contribution in [3.05, 3.63) is 78.1 Å². The highest BCUT2D eigenvalue weighted by molar-refractivity contribution is 5.63. The largest absolute Gasteiger partial charge is 0.298 e. The van der Waals surface area contributed by atoms with Crippen molar-refractivity contribution in [3.8, 4) is 11.1 Å². The van der Waals surface area contributed by atoms with Crippen LogP contribution in [0.1, 0.15) is 30.0 Å². The minimum atomic E-state index is 0.588. The molecule has 122 valence electrons. The molecule has 0 amide bonds. The maximum Gasteiger partial charge on any atom is 0.0490 e. The number of nitrogens with zero attached hydrogens (tertiary/aromatic N) is 2. The van der Waals surface area contributed by atoms with Gasteiger partial charge < -0.3 is 0 Å². The topological polar surface area (TPSA) is 31.9 Å². The summed E-state index contributed by atoms with van der Waals surface area (Å²) in [4.78, 5) is 2.56. The SMILES string of the molecule is c1ccc(-c2ccc(CN3CCC[C@H](c4ccn[nH]4)C3)cc2)cc1. The lowest BCUT2D eigenvalue weighted by Crippen LogP contribution is -2.34. The molecule has 1 aliphatic rings. The molecule has 3 aromatic rings. The van der Waals surface area contributed by atoms with E-state index in [9.17, 15) is 0 Å². The van der Waals surface area contributed by atoms with E-state index < -0.39 is 0 Å². The molecule has 0 saturated carbocycles. The van der Waals surface area contributed by atoms with Gasteiger partial charge in [-0.1, -0.05) is 54.6 Å². The summed E-state index contributed by atoms with van der Waals surface area (Å²) in [6, 6.07) is 21.7. The first-order valence-electron chi connectivity index (χ1n) is 8.74. The minimum absolute atomic E-state index is 0.588. The van der Waals surface area contributed by atoms with Gasteiger partial charge in [-0.15, -0.1) is 0 Å². The van der Waals surface area contributed by atoms with Crippen LogP contribution in [0.3, 0.4) is 0 Å². The van der Waals surface area contributed by atoms with E-state index in [1.54, 1.807) is 0 Å². The smallest absolute Gasteiger partial charge is 0.0490 e. The lowest BCUT2D eigenvalue weighted by molar-refractivity contribution is 0.198. The molecule has 0 bridgehead atoms. The van der Waals surface area contributed by atoms with Crippen molar-refractivity contribution in [3.63, 3.8) is 0 Å². The molecule has 0 aliphatic carbocycles. The van der Waals surface area contributed by atoms with Gasteiger partial charge in [0.05, 0.1) is 0 Å². The van der Waals surface area contributed by atoms with Gasteiger partial charge in [0, 0.05) is 30.9 Å². The van der Waals surface area contributed by atoms with Crippen molar-refractivity contribution in [2.75, 3.05) is 13.1 Å². The molecule has 3 heteroatoms. The van der Waals surface area contributed by atoms with Crippen LogP contribution in [-0.4, -0.2) is 28.2 Å². The van der Waals surface area contributed by atoms with E-state index in [0.29, 0.717) is 5.92 Å². The predicted molar refractivity (Wildman–Crippen MR) is 97.7 cm³/mol. The second kappa shape index (κ2) is 7.02. The number of H-pyrrole nitrogens is 1. The molecule has 0 spiro atoms. The van der Waals surface area contributed by atoms with Crippen LogP contribution in [-0.2, 0) is 6.54 Å². The van der Waals surface area contributed by atoms with E-state index in [4.69, 9.17) is 0 Å². The standard InChI is InChI=1S/C21H23N3/c1-2-5-18(6-3-1)19-10-8-17(9-11-19)15-24-14-4-7-20(16-24)21-12-13-22-23-21/h1-3,5-6,8-13,20H,4,7,14-16H2,(H,22,23)/t20-/m0/s1. The second-order valence-corrected chi connectivity index (χ2v) is 6.65. The number of likely N-dealkylation sites (tertiary alicyclic amines) is 1. The van der Waals surface area contributed by atoms with Crippen LogP contribution < -0.4 is 0 Å². The van der Waals surface area contributed by atoms with Crippen molar-refractivity contribution in [1.82, 2.24) is 15.1 Å². The van der Waals surface area contributed by atoms with Gasteiger partial charge in [-0.05, 0) is 42.1 Å². The Bertz CT molecular complexity index is 748. The number of aromatic nitrogens is 2. The highest BCUT2D eigenvalue weighted by atomic mass is 15.1. The number of aromatic amines is 1. The fourth-order valence-corrected chi connectivity index (χ4v) is 3.64. The quantitative estimate of drug-likeness (QED) is 0.770. The molecule has 0 unspecified atom stereocenters. The summed E-state index contributed by atoms with van der Waals surface area (Å²) in [6.07, 6.45) is 4.37. The summed E-state index contributed by atoms with van der Waals surface area (Å²) < 4.78 is 0. The molecule has 1 fully saturated rings. The molecule has 0 radical (unpaired) electrons. The van der Waals surface area contributed by atoms with Crippen LogP contribution in [0.25, 0.3) is 11.1 Å². The molecular formula is C21H23N3. The number of nitrogens with one attached hydrogen (secondary N) is 1. The highest BCUT2D eigenvalue weighted by Crippen LogP contribution is 2.26. The summed E-state index contributed by atoms with van der Waals surface area (Å²) in [5.74, 6) is 0.588. The maximum atomic E-state index is 4.10. The summed E-state index contributed by atoms with van der Waals surface area (Å²) >= 11 is 0. The van der Waals surface area contributed by atoms with Gasteiger partial charge in [-0.3, -0.25) is 10.00 Å². The monoisotopic (exact) mass is 317 g/mol. The Hall–Kier alpha value is -2.39. The molecule has 1 aliphatic heterocycles. The number of hydrogen-bond donors (Lipinski definition) is 1. The highest BCUT2D eigenvalue weighted by Gasteiger charge is 2.22. The molecule has 2 aromatic carbocycles. The van der Waals surface area contributed by atoms with Gasteiger partial charge in [-0.25, -0.2) is 0 Å². The van der Waals surface area contributed by atoms with Gasteiger partial charge in [0.25, 0.3) is 0 Å². The van der Waals surface area contributed by atoms with Crippen LogP contribution >= 0.6 is 0 Å². The van der Waals surface area contributed by atoms with E-state index in [0.717, 1.165) is 13.1 Å². The number of rotatable bonds is 4. The van der Waals surface area contributed by atoms with E-state index in [-0.39, 0.29) is 0 Å². The second-order valence-electron chi connectivity index (χ2n) is 6.65. The predicted octanol–water partition coefficient (Wildman–Crippen LogP) is 4.46. The summed E-state index contributed by atoms with van der Waals surface area (Å²) in [6.45, 7) is 3.33. The molecule has 1 N–H and O–H groups in total. The van der Waals surface area contributed by atoms with Gasteiger partial charge in [-0.2, -0.15) is 5.10 Å². The lowest BCUT2D eigenvalue weighted by Gasteiger charge is -2.32. The average molecular weight is 317 g/mol. The Morgan fingerprint density at radius 3 is 2.50 bits per heavy atom. The van der Waals surface area contributed by atoms with Crippen LogP contribution in [0, 0.1) is 0 Å². The zero-order valence-electron chi connectivity index (χ0n) is 13.9. The molecule has 1 saturated heterocycles. The Morgan fingerprint density at radius 2 is 1.75 bits per heavy atom. The van der Waals surface area contributed by atoms with Crippen molar-refractivity contribution in [2.45, 2.75) is 25.3 Å². The minimum Gasteiger partial charge on any atom is -0.298 e. The van der Waals surface area contributed by atoms with Gasteiger partial charge in [0.15, 0.2) is 0 Å². The third-order valence-corrected chi connectivity index (χ3v) is 4.93. The van der Waals surface area contributed by atoms with Crippen LogP contribution in [0.15, 0.2) is 66.9 Å². The molecular weight excluding hydrogens is 294 g/mol. The molecule has 3 nitrogen and oxygen atoms in total. The van der Waals surface area contributed by atoms with Crippen molar-refractivity contribution >= 4 is 0 Å². The fraction of sp³-hybridized carbons (Fsp3) is 0.286. The zero-order valence-corrected chi connectivity index (χ0v) is 13.9. The average Bonchev–Trinajstić information content (AvgIpc) is 3.18. The lowest BCUT2D eigenvalue weighted by atomic mass is 9.94. The Kier molecular flexibility index (Phi) is 4.43. The first-order chi connectivity index (χ1) is 11.9. The van der Waals surface area contributed by atoms with Gasteiger partial charge in [0.2, 0.25) is 0 Å². The molecule has 1 aromatic heterocycles. The number of piperidine rings is 1. The molecule has 2 heterocycles. The normalized spacial score (nSPS) is 18.6. The summed E-state index contributed by atoms with van der Waals surface area (Å²) in [7, 11) is 0. The molecule has 4 rings (SSSR count). The van der Waals surface area contributed by atoms with Crippen molar-refractivity contribution < 1.29 is 0 Å². The Morgan fingerprint density at radius 1 is 0.958 bits per heavy atom. The third kappa shape index (κ3) is 3.41. The first kappa shape index (κ1) is 15.2. The fourth-order valence-electron chi connectivity index (χ4n) is 3.64. The van der Waals surface area contributed by atoms with Crippen molar-refractivity contribution in [2.24, 2.45) is 0 Å². The van der Waals surface area contributed by atoms with E-state index >= 15 is 0 Å². The molecule has 24 heavy (non-hydrogen) atoms. The van der Waals surface area contributed by atoms with E-state index in [2.05, 4.69) is 75.8 Å². The van der Waals surface area contributed by atoms with Gasteiger partial charge >= 0.3 is 0 Å². The van der Waals surface area contributed by atoms with Crippen LogP contribution in [0.4, 0.5) is 0 Å². The van der Waals surface area contributed by atoms with Crippen LogP contribution in [0.2, 0.25) is 0 Å². The maximum absolute atomic E-state index is 4.10. The summed E-state index contributed by atoms with van der Waals surface area (Å²) in [5, 5.41) is 7.24. The molecule has 1 atom stereocenters. The van der Waals surface area contributed by atoms with E-state index in [1.807, 2.05) is 6.20 Å². The summed E-state index contributed by atoms with van der Waals surface area (Å²) in [5.41, 5.74) is 5.23. The number of benzene rings is 2. The van der Waals surface area contributed by atoms with Gasteiger partial charge in [0.1, 0.15) is 0 Å². The first-order valence-corrected chi connectivity index (χ1v) is 8.74. The van der Waals surface area contributed by atoms with E-state index in [1.165, 1.54) is 41.8 Å². The number of hydrogen-bond acceptors (Lipinski definition) is 2. The Labute approximate surface area is 143 Å². The Balaban J connectivity index is 1.42. The third-order valence-electron chi connectivity index (χ3n) is 4.93. The van der Waals surface area contributed by atoms with Crippen LogP contribution in [0.5, 0.6) is 0 Å². The van der Waals surface area contributed by atoms with Crippen molar-refractivity contribution in [1.29, 1.82) is 0 Å². The zero-order chi connectivity index (χ0) is 16.2.